The summed E-state index contributed by atoms with van der Waals surface area (Å²) in [6.45, 7) is 13.4. The minimum absolute atomic E-state index is 0.0767. The molecular weight excluding hydrogens is 498 g/mol. The number of anilines is 1. The van der Waals surface area contributed by atoms with Gasteiger partial charge in [0.05, 0.1) is 0 Å². The number of piperidine rings is 3. The first kappa shape index (κ1) is 28.2. The molecule has 0 aliphatic carbocycles. The van der Waals surface area contributed by atoms with Crippen molar-refractivity contribution in [3.63, 3.8) is 0 Å². The van der Waals surface area contributed by atoms with Gasteiger partial charge in [-0.05, 0) is 79.5 Å². The Morgan fingerprint density at radius 2 is 1.80 bits per heavy atom. The highest BCUT2D eigenvalue weighted by Gasteiger charge is 2.42. The smallest absolute Gasteiger partial charge is 0.411 e. The molecule has 1 aromatic carbocycles. The molecule has 7 heteroatoms. The minimum atomic E-state index is -0.393. The average Bonchev–Trinajstić information content (AvgIpc) is 2.97. The summed E-state index contributed by atoms with van der Waals surface area (Å²) >= 11 is 0. The standard InChI is InChI=1S/C33H43N5O2/c1-6-22(7-2)29-19-30(37-31(36-29)23-12-15-34-16-13-23)28-20-38-17-14-24(28)18-27(38)21-40-32(39)35-26-10-8-25(9-11-26)33(3,4)5/h8-13,15-16,19,22,24,27-28H,6-7,14,17-18,20-21H2,1-5H3,(H,35,39). The van der Waals surface area contributed by atoms with E-state index < -0.39 is 6.09 Å². The van der Waals surface area contributed by atoms with E-state index in [1.165, 1.54) is 5.56 Å². The monoisotopic (exact) mass is 541 g/mol. The van der Waals surface area contributed by atoms with E-state index in [-0.39, 0.29) is 11.5 Å². The highest BCUT2D eigenvalue weighted by Crippen LogP contribution is 2.42. The van der Waals surface area contributed by atoms with Crippen LogP contribution in [0.1, 0.15) is 89.1 Å². The van der Waals surface area contributed by atoms with Crippen molar-refractivity contribution in [2.75, 3.05) is 25.0 Å². The summed E-state index contributed by atoms with van der Waals surface area (Å²) in [5.41, 5.74) is 5.37. The van der Waals surface area contributed by atoms with E-state index in [0.29, 0.717) is 24.4 Å². The zero-order valence-corrected chi connectivity index (χ0v) is 24.6. The van der Waals surface area contributed by atoms with Gasteiger partial charge in [-0.3, -0.25) is 15.2 Å². The van der Waals surface area contributed by atoms with Crippen LogP contribution in [0, 0.1) is 5.92 Å². The molecule has 7 nitrogen and oxygen atoms in total. The van der Waals surface area contributed by atoms with Crippen molar-refractivity contribution in [1.82, 2.24) is 19.9 Å². The molecule has 2 aromatic heterocycles. The first-order valence-corrected chi connectivity index (χ1v) is 14.8. The number of hydrogen-bond donors (Lipinski definition) is 1. The fourth-order valence-electron chi connectivity index (χ4n) is 6.25. The Hall–Kier alpha value is -3.32. The molecule has 1 amide bonds. The molecule has 6 rings (SSSR count). The summed E-state index contributed by atoms with van der Waals surface area (Å²) in [7, 11) is 0. The van der Waals surface area contributed by atoms with E-state index in [9.17, 15) is 4.79 Å². The Balaban J connectivity index is 1.25. The largest absolute Gasteiger partial charge is 0.448 e. The molecule has 4 unspecified atom stereocenters. The van der Waals surface area contributed by atoms with Crippen molar-refractivity contribution in [2.24, 2.45) is 5.92 Å². The number of rotatable bonds is 8. The Kier molecular flexibility index (Phi) is 8.50. The minimum Gasteiger partial charge on any atom is -0.448 e. The van der Waals surface area contributed by atoms with Gasteiger partial charge < -0.3 is 4.74 Å². The third kappa shape index (κ3) is 6.35. The van der Waals surface area contributed by atoms with Gasteiger partial charge in [0.15, 0.2) is 5.82 Å². The third-order valence-electron chi connectivity index (χ3n) is 8.77. The quantitative estimate of drug-likeness (QED) is 0.326. The Morgan fingerprint density at radius 1 is 1.07 bits per heavy atom. The van der Waals surface area contributed by atoms with Crippen LogP contribution in [0.3, 0.4) is 0 Å². The third-order valence-corrected chi connectivity index (χ3v) is 8.77. The van der Waals surface area contributed by atoms with Crippen LogP contribution in [0.25, 0.3) is 11.4 Å². The molecule has 0 spiro atoms. The molecule has 1 N–H and O–H groups in total. The van der Waals surface area contributed by atoms with E-state index in [2.05, 4.69) is 68.0 Å². The van der Waals surface area contributed by atoms with Gasteiger partial charge >= 0.3 is 6.09 Å². The van der Waals surface area contributed by atoms with Gasteiger partial charge in [0.1, 0.15) is 6.61 Å². The lowest BCUT2D eigenvalue weighted by atomic mass is 9.74. The van der Waals surface area contributed by atoms with Crippen LogP contribution in [0.2, 0.25) is 0 Å². The second-order valence-corrected chi connectivity index (χ2v) is 12.4. The number of nitrogens with one attached hydrogen (secondary N) is 1. The van der Waals surface area contributed by atoms with Crippen LogP contribution in [0.4, 0.5) is 10.5 Å². The Labute approximate surface area is 238 Å². The van der Waals surface area contributed by atoms with Crippen molar-refractivity contribution in [3.8, 4) is 11.4 Å². The maximum atomic E-state index is 12.6. The highest BCUT2D eigenvalue weighted by atomic mass is 16.5. The lowest BCUT2D eigenvalue weighted by Crippen LogP contribution is -2.54. The first-order chi connectivity index (χ1) is 19.2. The van der Waals surface area contributed by atoms with Crippen molar-refractivity contribution in [3.05, 3.63) is 71.8 Å². The zero-order valence-electron chi connectivity index (χ0n) is 24.6. The van der Waals surface area contributed by atoms with Gasteiger partial charge in [-0.1, -0.05) is 46.8 Å². The molecule has 0 radical (unpaired) electrons. The van der Waals surface area contributed by atoms with Gasteiger partial charge in [0, 0.05) is 59.5 Å². The lowest BCUT2D eigenvalue weighted by molar-refractivity contribution is -0.00149. The first-order valence-electron chi connectivity index (χ1n) is 14.8. The Morgan fingerprint density at radius 3 is 2.42 bits per heavy atom. The van der Waals surface area contributed by atoms with E-state index in [4.69, 9.17) is 14.7 Å². The zero-order chi connectivity index (χ0) is 28.3. The number of carbonyl (C=O) groups is 1. The van der Waals surface area contributed by atoms with Crippen LogP contribution in [0.5, 0.6) is 0 Å². The fraction of sp³-hybridized carbons (Fsp3) is 0.515. The number of hydrogen-bond acceptors (Lipinski definition) is 6. The van der Waals surface area contributed by atoms with Gasteiger partial charge in [-0.2, -0.15) is 0 Å². The SMILES string of the molecule is CCC(CC)c1cc(C2CN3CCC2CC3COC(=O)Nc2ccc(C(C)(C)C)cc2)nc(-c2ccncc2)n1. The number of ether oxygens (including phenoxy) is 1. The molecule has 3 fully saturated rings. The summed E-state index contributed by atoms with van der Waals surface area (Å²) in [6, 6.07) is 14.5. The molecule has 4 atom stereocenters. The molecule has 3 aliphatic heterocycles. The van der Waals surface area contributed by atoms with E-state index in [1.54, 1.807) is 12.4 Å². The topological polar surface area (TPSA) is 80.2 Å². The number of aromatic nitrogens is 3. The van der Waals surface area contributed by atoms with Crippen molar-refractivity contribution >= 4 is 11.8 Å². The molecule has 40 heavy (non-hydrogen) atoms. The maximum absolute atomic E-state index is 12.6. The van der Waals surface area contributed by atoms with Crippen molar-refractivity contribution < 1.29 is 9.53 Å². The maximum Gasteiger partial charge on any atom is 0.411 e. The van der Waals surface area contributed by atoms with Gasteiger partial charge in [-0.15, -0.1) is 0 Å². The lowest BCUT2D eigenvalue weighted by Gasteiger charge is -2.49. The number of nitrogens with zero attached hydrogens (tertiary/aromatic N) is 4. The van der Waals surface area contributed by atoms with Crippen LogP contribution in [-0.4, -0.2) is 51.7 Å². The van der Waals surface area contributed by atoms with E-state index in [1.807, 2.05) is 24.3 Å². The molecule has 5 heterocycles. The molecule has 3 aliphatic rings. The van der Waals surface area contributed by atoms with Crippen LogP contribution < -0.4 is 5.32 Å². The Bertz CT molecular complexity index is 1280. The summed E-state index contributed by atoms with van der Waals surface area (Å²) in [5, 5.41) is 2.89. The number of carbonyl (C=O) groups excluding carboxylic acids is 1. The predicted octanol–water partition coefficient (Wildman–Crippen LogP) is 7.17. The van der Waals surface area contributed by atoms with Crippen LogP contribution in [0.15, 0.2) is 54.9 Å². The van der Waals surface area contributed by atoms with Crippen LogP contribution >= 0.6 is 0 Å². The summed E-state index contributed by atoms with van der Waals surface area (Å²) in [6.07, 6.45) is 7.48. The molecule has 3 saturated heterocycles. The van der Waals surface area contributed by atoms with Gasteiger partial charge in [0.2, 0.25) is 0 Å². The molecule has 212 valence electrons. The number of pyridine rings is 1. The molecular formula is C33H43N5O2. The van der Waals surface area contributed by atoms with Gasteiger partial charge in [0.25, 0.3) is 0 Å². The summed E-state index contributed by atoms with van der Waals surface area (Å²) in [5.74, 6) is 2.09. The fourth-order valence-corrected chi connectivity index (χ4v) is 6.25. The average molecular weight is 542 g/mol. The second kappa shape index (κ2) is 12.0. The van der Waals surface area contributed by atoms with Crippen molar-refractivity contribution in [2.45, 2.75) is 83.6 Å². The highest BCUT2D eigenvalue weighted by molar-refractivity contribution is 5.84. The second-order valence-electron chi connectivity index (χ2n) is 12.4. The van der Waals surface area contributed by atoms with E-state index in [0.717, 1.165) is 67.2 Å². The summed E-state index contributed by atoms with van der Waals surface area (Å²) < 4.78 is 5.71. The van der Waals surface area contributed by atoms with Crippen LogP contribution in [-0.2, 0) is 10.2 Å². The molecule has 2 bridgehead atoms. The van der Waals surface area contributed by atoms with Gasteiger partial charge in [-0.25, -0.2) is 14.8 Å². The number of amides is 1. The summed E-state index contributed by atoms with van der Waals surface area (Å²) in [4.78, 5) is 29.4. The number of benzene rings is 1. The normalized spacial score (nSPS) is 22.4. The molecule has 3 aromatic rings. The van der Waals surface area contributed by atoms with Crippen molar-refractivity contribution in [1.29, 1.82) is 0 Å². The predicted molar refractivity (Wildman–Crippen MR) is 160 cm³/mol. The van der Waals surface area contributed by atoms with E-state index >= 15 is 0 Å². The number of fused-ring (bicyclic) bond motifs is 3. The molecule has 0 saturated carbocycles.